The first-order valence-corrected chi connectivity index (χ1v) is 3.35. The van der Waals surface area contributed by atoms with E-state index < -0.39 is 6.10 Å². The second kappa shape index (κ2) is 4.50. The number of aliphatic hydroxyl groups is 1. The van der Waals surface area contributed by atoms with Gasteiger partial charge in [0, 0.05) is 5.92 Å². The van der Waals surface area contributed by atoms with E-state index in [1.54, 1.807) is 6.92 Å². The van der Waals surface area contributed by atoms with Crippen molar-refractivity contribution in [2.75, 3.05) is 0 Å². The molecule has 0 aromatic heterocycles. The average molecular weight is 130 g/mol. The topological polar surface area (TPSA) is 37.3 Å². The number of rotatable bonds is 4. The number of hydrogen-bond acceptors (Lipinski definition) is 2. The minimum absolute atomic E-state index is 0.204. The molecule has 0 aromatic carbocycles. The van der Waals surface area contributed by atoms with Gasteiger partial charge in [-0.25, -0.2) is 0 Å². The molecule has 54 valence electrons. The van der Waals surface area contributed by atoms with Crippen molar-refractivity contribution in [1.82, 2.24) is 0 Å². The summed E-state index contributed by atoms with van der Waals surface area (Å²) in [5.74, 6) is -0.204. The molecule has 0 heterocycles. The summed E-state index contributed by atoms with van der Waals surface area (Å²) in [5.41, 5.74) is 0. The third kappa shape index (κ3) is 3.25. The van der Waals surface area contributed by atoms with Crippen LogP contribution in [0.2, 0.25) is 0 Å². The molecule has 0 saturated heterocycles. The van der Waals surface area contributed by atoms with Crippen molar-refractivity contribution >= 4 is 6.29 Å². The highest BCUT2D eigenvalue weighted by Crippen LogP contribution is 2.05. The van der Waals surface area contributed by atoms with Gasteiger partial charge in [0.05, 0.1) is 6.10 Å². The molecule has 0 spiro atoms. The molecule has 0 aliphatic heterocycles. The molecular weight excluding hydrogens is 116 g/mol. The lowest BCUT2D eigenvalue weighted by atomic mass is 10.0. The van der Waals surface area contributed by atoms with E-state index in [1.807, 2.05) is 6.92 Å². The summed E-state index contributed by atoms with van der Waals surface area (Å²) in [6, 6.07) is 0. The van der Waals surface area contributed by atoms with Crippen molar-refractivity contribution in [3.05, 3.63) is 0 Å². The Morgan fingerprint density at radius 2 is 2.22 bits per heavy atom. The smallest absolute Gasteiger partial charge is 0.125 e. The zero-order valence-corrected chi connectivity index (χ0v) is 6.00. The third-order valence-corrected chi connectivity index (χ3v) is 1.41. The Balaban J connectivity index is 3.44. The molecule has 1 N–H and O–H groups in total. The SMILES string of the molecule is CCCC(O)C(C)C=O. The summed E-state index contributed by atoms with van der Waals surface area (Å²) >= 11 is 0. The van der Waals surface area contributed by atoms with Crippen molar-refractivity contribution in [1.29, 1.82) is 0 Å². The molecule has 0 fully saturated rings. The maximum Gasteiger partial charge on any atom is 0.125 e. The first kappa shape index (κ1) is 8.63. The van der Waals surface area contributed by atoms with Crippen molar-refractivity contribution in [2.45, 2.75) is 32.8 Å². The molecule has 2 nitrogen and oxygen atoms in total. The lowest BCUT2D eigenvalue weighted by Crippen LogP contribution is -2.17. The summed E-state index contributed by atoms with van der Waals surface area (Å²) in [5, 5.41) is 9.09. The summed E-state index contributed by atoms with van der Waals surface area (Å²) in [6.07, 6.45) is 2.01. The number of aldehydes is 1. The number of carbonyl (C=O) groups excluding carboxylic acids is 1. The van der Waals surface area contributed by atoms with Crippen LogP contribution in [0.25, 0.3) is 0 Å². The van der Waals surface area contributed by atoms with Crippen LogP contribution in [0.4, 0.5) is 0 Å². The fourth-order valence-electron chi connectivity index (χ4n) is 0.649. The van der Waals surface area contributed by atoms with E-state index in [9.17, 15) is 4.79 Å². The number of hydrogen-bond donors (Lipinski definition) is 1. The zero-order valence-electron chi connectivity index (χ0n) is 6.00. The molecule has 2 heteroatoms. The van der Waals surface area contributed by atoms with Gasteiger partial charge in [0.1, 0.15) is 6.29 Å². The Kier molecular flexibility index (Phi) is 4.32. The van der Waals surface area contributed by atoms with Crippen LogP contribution >= 0.6 is 0 Å². The lowest BCUT2D eigenvalue weighted by molar-refractivity contribution is -0.113. The van der Waals surface area contributed by atoms with Crippen LogP contribution < -0.4 is 0 Å². The maximum absolute atomic E-state index is 10.1. The minimum Gasteiger partial charge on any atom is -0.392 e. The second-order valence-electron chi connectivity index (χ2n) is 2.35. The van der Waals surface area contributed by atoms with Gasteiger partial charge >= 0.3 is 0 Å². The Morgan fingerprint density at radius 1 is 1.67 bits per heavy atom. The van der Waals surface area contributed by atoms with Crippen molar-refractivity contribution in [3.8, 4) is 0 Å². The summed E-state index contributed by atoms with van der Waals surface area (Å²) in [4.78, 5) is 10.1. The first-order valence-electron chi connectivity index (χ1n) is 3.35. The van der Waals surface area contributed by atoms with Gasteiger partial charge in [-0.15, -0.1) is 0 Å². The van der Waals surface area contributed by atoms with E-state index in [2.05, 4.69) is 0 Å². The highest BCUT2D eigenvalue weighted by molar-refractivity contribution is 5.53. The largest absolute Gasteiger partial charge is 0.392 e. The molecule has 0 aromatic rings. The standard InChI is InChI=1S/C7H14O2/c1-3-4-7(9)6(2)5-8/h5-7,9H,3-4H2,1-2H3. The molecule has 0 aliphatic rings. The number of aliphatic hydroxyl groups excluding tert-OH is 1. The summed E-state index contributed by atoms with van der Waals surface area (Å²) in [7, 11) is 0. The monoisotopic (exact) mass is 130 g/mol. The quantitative estimate of drug-likeness (QED) is 0.576. The van der Waals surface area contributed by atoms with Gasteiger partial charge < -0.3 is 9.90 Å². The average Bonchev–Trinajstić information content (AvgIpc) is 1.87. The molecule has 0 bridgehead atoms. The van der Waals surface area contributed by atoms with Gasteiger partial charge in [0.15, 0.2) is 0 Å². The Labute approximate surface area is 55.9 Å². The highest BCUT2D eigenvalue weighted by Gasteiger charge is 2.10. The van der Waals surface area contributed by atoms with E-state index in [0.29, 0.717) is 0 Å². The van der Waals surface area contributed by atoms with E-state index in [1.165, 1.54) is 0 Å². The predicted molar refractivity (Wildman–Crippen MR) is 36.1 cm³/mol. The van der Waals surface area contributed by atoms with Crippen LogP contribution in [-0.2, 0) is 4.79 Å². The molecule has 2 unspecified atom stereocenters. The summed E-state index contributed by atoms with van der Waals surface area (Å²) in [6.45, 7) is 3.72. The fourth-order valence-corrected chi connectivity index (χ4v) is 0.649. The summed E-state index contributed by atoms with van der Waals surface area (Å²) < 4.78 is 0. The van der Waals surface area contributed by atoms with Gasteiger partial charge in [-0.05, 0) is 6.42 Å². The Morgan fingerprint density at radius 3 is 2.56 bits per heavy atom. The van der Waals surface area contributed by atoms with Crippen LogP contribution in [-0.4, -0.2) is 17.5 Å². The van der Waals surface area contributed by atoms with Gasteiger partial charge in [-0.2, -0.15) is 0 Å². The van der Waals surface area contributed by atoms with E-state index in [-0.39, 0.29) is 5.92 Å². The Bertz CT molecular complexity index is 81.0. The normalized spacial score (nSPS) is 16.8. The molecule has 0 aliphatic carbocycles. The van der Waals surface area contributed by atoms with Crippen LogP contribution in [0, 0.1) is 5.92 Å². The molecule has 2 atom stereocenters. The van der Waals surface area contributed by atoms with E-state index in [4.69, 9.17) is 5.11 Å². The predicted octanol–water partition coefficient (Wildman–Crippen LogP) is 0.982. The van der Waals surface area contributed by atoms with Gasteiger partial charge in [-0.3, -0.25) is 0 Å². The number of carbonyl (C=O) groups is 1. The molecular formula is C7H14O2. The van der Waals surface area contributed by atoms with Crippen LogP contribution in [0.1, 0.15) is 26.7 Å². The molecule has 0 rings (SSSR count). The molecule has 0 amide bonds. The molecule has 0 saturated carbocycles. The fraction of sp³-hybridized carbons (Fsp3) is 0.857. The maximum atomic E-state index is 10.1. The molecule has 9 heavy (non-hydrogen) atoms. The van der Waals surface area contributed by atoms with E-state index >= 15 is 0 Å². The van der Waals surface area contributed by atoms with Crippen LogP contribution in [0.3, 0.4) is 0 Å². The Hall–Kier alpha value is -0.370. The highest BCUT2D eigenvalue weighted by atomic mass is 16.3. The lowest BCUT2D eigenvalue weighted by Gasteiger charge is -2.10. The van der Waals surface area contributed by atoms with Gasteiger partial charge in [-0.1, -0.05) is 20.3 Å². The van der Waals surface area contributed by atoms with Crippen molar-refractivity contribution in [2.24, 2.45) is 5.92 Å². The second-order valence-corrected chi connectivity index (χ2v) is 2.35. The zero-order chi connectivity index (χ0) is 7.28. The first-order chi connectivity index (χ1) is 4.22. The molecule has 0 radical (unpaired) electrons. The van der Waals surface area contributed by atoms with E-state index in [0.717, 1.165) is 19.1 Å². The van der Waals surface area contributed by atoms with Crippen LogP contribution in [0.5, 0.6) is 0 Å². The van der Waals surface area contributed by atoms with Gasteiger partial charge in [0.2, 0.25) is 0 Å². The van der Waals surface area contributed by atoms with Crippen molar-refractivity contribution in [3.63, 3.8) is 0 Å². The minimum atomic E-state index is -0.438. The van der Waals surface area contributed by atoms with Crippen LogP contribution in [0.15, 0.2) is 0 Å². The third-order valence-electron chi connectivity index (χ3n) is 1.41. The van der Waals surface area contributed by atoms with Crippen molar-refractivity contribution < 1.29 is 9.90 Å². The van der Waals surface area contributed by atoms with Gasteiger partial charge in [0.25, 0.3) is 0 Å².